The zero-order valence-corrected chi connectivity index (χ0v) is 10.8. The highest BCUT2D eigenvalue weighted by Crippen LogP contribution is 2.17. The van der Waals surface area contributed by atoms with Crippen LogP contribution in [0.3, 0.4) is 0 Å². The summed E-state index contributed by atoms with van der Waals surface area (Å²) >= 11 is 0. The predicted molar refractivity (Wildman–Crippen MR) is 73.4 cm³/mol. The van der Waals surface area contributed by atoms with E-state index in [4.69, 9.17) is 9.47 Å². The van der Waals surface area contributed by atoms with Crippen LogP contribution in [0.1, 0.15) is 18.1 Å². The second-order valence-corrected chi connectivity index (χ2v) is 4.10. The Morgan fingerprint density at radius 3 is 1.72 bits per heavy atom. The van der Waals surface area contributed by atoms with Gasteiger partial charge in [0, 0.05) is 0 Å². The second-order valence-electron chi connectivity index (χ2n) is 4.10. The fraction of sp³-hybridized carbons (Fsp3) is 0.250. The maximum Gasteiger partial charge on any atom is 0.119 e. The Bertz CT molecular complexity index is 471. The molecule has 0 fully saturated rings. The summed E-state index contributed by atoms with van der Waals surface area (Å²) in [5.74, 6) is 1.82. The normalized spacial score (nSPS) is 10.1. The minimum absolute atomic E-state index is 0.706. The Kier molecular flexibility index (Phi) is 4.24. The molecule has 2 aromatic carbocycles. The van der Waals surface area contributed by atoms with E-state index in [-0.39, 0.29) is 0 Å². The minimum atomic E-state index is 0.706. The van der Waals surface area contributed by atoms with E-state index in [9.17, 15) is 0 Å². The van der Waals surface area contributed by atoms with E-state index >= 15 is 0 Å². The molecular weight excluding hydrogens is 224 g/mol. The van der Waals surface area contributed by atoms with Crippen LogP contribution < -0.4 is 9.47 Å². The summed E-state index contributed by atoms with van der Waals surface area (Å²) < 4.78 is 10.6. The van der Waals surface area contributed by atoms with E-state index in [2.05, 4.69) is 24.3 Å². The van der Waals surface area contributed by atoms with E-state index in [1.165, 1.54) is 11.1 Å². The van der Waals surface area contributed by atoms with Crippen molar-refractivity contribution in [2.45, 2.75) is 13.3 Å². The molecule has 0 atom stereocenters. The molecule has 0 spiro atoms. The zero-order chi connectivity index (χ0) is 12.8. The van der Waals surface area contributed by atoms with Crippen molar-refractivity contribution in [3.8, 4) is 11.5 Å². The SMILES string of the molecule is CCOc1ccc(Cc2ccc(OC)cc2)cc1. The summed E-state index contributed by atoms with van der Waals surface area (Å²) in [6.07, 6.45) is 0.927. The van der Waals surface area contributed by atoms with Gasteiger partial charge >= 0.3 is 0 Å². The van der Waals surface area contributed by atoms with Gasteiger partial charge in [0.25, 0.3) is 0 Å². The van der Waals surface area contributed by atoms with Crippen LogP contribution in [0, 0.1) is 0 Å². The smallest absolute Gasteiger partial charge is 0.119 e. The van der Waals surface area contributed by atoms with Crippen LogP contribution in [0.25, 0.3) is 0 Å². The summed E-state index contributed by atoms with van der Waals surface area (Å²) in [6.45, 7) is 2.70. The lowest BCUT2D eigenvalue weighted by Crippen LogP contribution is -1.92. The van der Waals surface area contributed by atoms with Gasteiger partial charge < -0.3 is 9.47 Å². The first kappa shape index (κ1) is 12.5. The third-order valence-electron chi connectivity index (χ3n) is 2.80. The summed E-state index contributed by atoms with van der Waals surface area (Å²) in [4.78, 5) is 0. The van der Waals surface area contributed by atoms with Crippen molar-refractivity contribution in [2.24, 2.45) is 0 Å². The molecule has 0 aliphatic rings. The first-order chi connectivity index (χ1) is 8.81. The van der Waals surface area contributed by atoms with E-state index < -0.39 is 0 Å². The van der Waals surface area contributed by atoms with Crippen molar-refractivity contribution < 1.29 is 9.47 Å². The molecule has 0 aromatic heterocycles. The average Bonchev–Trinajstić information content (AvgIpc) is 2.42. The number of rotatable bonds is 5. The molecule has 94 valence electrons. The molecule has 2 heteroatoms. The largest absolute Gasteiger partial charge is 0.497 e. The first-order valence-corrected chi connectivity index (χ1v) is 6.16. The number of hydrogen-bond donors (Lipinski definition) is 0. The van der Waals surface area contributed by atoms with Gasteiger partial charge in [-0.2, -0.15) is 0 Å². The van der Waals surface area contributed by atoms with E-state index in [0.29, 0.717) is 6.61 Å². The van der Waals surface area contributed by atoms with Gasteiger partial charge in [0.2, 0.25) is 0 Å². The summed E-state index contributed by atoms with van der Waals surface area (Å²) in [5, 5.41) is 0. The van der Waals surface area contributed by atoms with E-state index in [0.717, 1.165) is 17.9 Å². The molecule has 0 unspecified atom stereocenters. The molecule has 0 aliphatic carbocycles. The van der Waals surface area contributed by atoms with Crippen molar-refractivity contribution in [1.82, 2.24) is 0 Å². The lowest BCUT2D eigenvalue weighted by Gasteiger charge is -2.06. The van der Waals surface area contributed by atoms with Crippen LogP contribution in [0.5, 0.6) is 11.5 Å². The molecule has 2 nitrogen and oxygen atoms in total. The molecule has 0 heterocycles. The highest BCUT2D eigenvalue weighted by atomic mass is 16.5. The Balaban J connectivity index is 2.03. The van der Waals surface area contributed by atoms with E-state index in [1.807, 2.05) is 31.2 Å². The molecular formula is C16H18O2. The second kappa shape index (κ2) is 6.10. The van der Waals surface area contributed by atoms with Crippen LogP contribution in [-0.2, 0) is 6.42 Å². The molecule has 0 bridgehead atoms. The van der Waals surface area contributed by atoms with Crippen molar-refractivity contribution in [3.05, 3.63) is 59.7 Å². The number of methoxy groups -OCH3 is 1. The minimum Gasteiger partial charge on any atom is -0.497 e. The highest BCUT2D eigenvalue weighted by molar-refractivity contribution is 5.33. The zero-order valence-electron chi connectivity index (χ0n) is 10.8. The van der Waals surface area contributed by atoms with Gasteiger partial charge in [0.15, 0.2) is 0 Å². The number of hydrogen-bond acceptors (Lipinski definition) is 2. The van der Waals surface area contributed by atoms with Crippen LogP contribution in [0.15, 0.2) is 48.5 Å². The van der Waals surface area contributed by atoms with Crippen LogP contribution >= 0.6 is 0 Å². The van der Waals surface area contributed by atoms with Crippen molar-refractivity contribution in [2.75, 3.05) is 13.7 Å². The molecule has 0 radical (unpaired) electrons. The van der Waals surface area contributed by atoms with Gasteiger partial charge in [0.1, 0.15) is 11.5 Å². The summed E-state index contributed by atoms with van der Waals surface area (Å²) in [7, 11) is 1.68. The van der Waals surface area contributed by atoms with Gasteiger partial charge in [-0.25, -0.2) is 0 Å². The monoisotopic (exact) mass is 242 g/mol. The Morgan fingerprint density at radius 2 is 1.28 bits per heavy atom. The quantitative estimate of drug-likeness (QED) is 0.796. The highest BCUT2D eigenvalue weighted by Gasteiger charge is 1.98. The van der Waals surface area contributed by atoms with Crippen molar-refractivity contribution in [1.29, 1.82) is 0 Å². The molecule has 2 aromatic rings. The molecule has 0 amide bonds. The maximum atomic E-state index is 5.42. The van der Waals surface area contributed by atoms with Gasteiger partial charge in [-0.05, 0) is 48.7 Å². The lowest BCUT2D eigenvalue weighted by molar-refractivity contribution is 0.340. The van der Waals surface area contributed by atoms with Gasteiger partial charge in [-0.15, -0.1) is 0 Å². The Hall–Kier alpha value is -1.96. The average molecular weight is 242 g/mol. The molecule has 0 aliphatic heterocycles. The number of ether oxygens (including phenoxy) is 2. The van der Waals surface area contributed by atoms with Gasteiger partial charge in [-0.1, -0.05) is 24.3 Å². The van der Waals surface area contributed by atoms with Crippen LogP contribution in [0.2, 0.25) is 0 Å². The Morgan fingerprint density at radius 1 is 0.778 bits per heavy atom. The Labute approximate surface area is 108 Å². The molecule has 18 heavy (non-hydrogen) atoms. The number of benzene rings is 2. The lowest BCUT2D eigenvalue weighted by atomic mass is 10.0. The molecule has 0 saturated heterocycles. The van der Waals surface area contributed by atoms with Crippen molar-refractivity contribution >= 4 is 0 Å². The van der Waals surface area contributed by atoms with Crippen LogP contribution in [0.4, 0.5) is 0 Å². The fourth-order valence-electron chi connectivity index (χ4n) is 1.85. The van der Waals surface area contributed by atoms with Gasteiger partial charge in [-0.3, -0.25) is 0 Å². The van der Waals surface area contributed by atoms with Gasteiger partial charge in [0.05, 0.1) is 13.7 Å². The molecule has 2 rings (SSSR count). The maximum absolute atomic E-state index is 5.42. The molecule has 0 saturated carbocycles. The summed E-state index contributed by atoms with van der Waals surface area (Å²) in [5.41, 5.74) is 2.56. The topological polar surface area (TPSA) is 18.5 Å². The van der Waals surface area contributed by atoms with Crippen LogP contribution in [-0.4, -0.2) is 13.7 Å². The first-order valence-electron chi connectivity index (χ1n) is 6.16. The standard InChI is InChI=1S/C16H18O2/c1-3-18-16-10-6-14(7-11-16)12-13-4-8-15(17-2)9-5-13/h4-11H,3,12H2,1-2H3. The van der Waals surface area contributed by atoms with E-state index in [1.54, 1.807) is 7.11 Å². The third kappa shape index (κ3) is 3.27. The molecule has 0 N–H and O–H groups in total. The third-order valence-corrected chi connectivity index (χ3v) is 2.80. The summed E-state index contributed by atoms with van der Waals surface area (Å²) in [6, 6.07) is 16.4. The van der Waals surface area contributed by atoms with Crippen molar-refractivity contribution in [3.63, 3.8) is 0 Å². The fourth-order valence-corrected chi connectivity index (χ4v) is 1.85. The predicted octanol–water partition coefficient (Wildman–Crippen LogP) is 3.68.